The van der Waals surface area contributed by atoms with Crippen molar-refractivity contribution in [1.82, 2.24) is 10.3 Å². The van der Waals surface area contributed by atoms with Gasteiger partial charge in [-0.1, -0.05) is 0 Å². The summed E-state index contributed by atoms with van der Waals surface area (Å²) in [4.78, 5) is 28.1. The van der Waals surface area contributed by atoms with Crippen LogP contribution in [0.4, 0.5) is 10.5 Å². The summed E-state index contributed by atoms with van der Waals surface area (Å²) in [7, 11) is 0. The number of carboxylic acid groups (broad SMARTS) is 1. The van der Waals surface area contributed by atoms with Gasteiger partial charge in [-0.05, 0) is 24.3 Å². The first kappa shape index (κ1) is 14.8. The minimum atomic E-state index is -1.13. The molecule has 1 aromatic carbocycles. The summed E-state index contributed by atoms with van der Waals surface area (Å²) < 4.78 is 0. The van der Waals surface area contributed by atoms with Gasteiger partial charge in [0.2, 0.25) is 0 Å². The Kier molecular flexibility index (Phi) is 4.72. The van der Waals surface area contributed by atoms with E-state index in [1.165, 1.54) is 35.6 Å². The molecule has 0 bridgehead atoms. The fraction of sp³-hybridized carbons (Fsp3) is 0.154. The molecule has 7 nitrogen and oxygen atoms in total. The number of hydrogen-bond acceptors (Lipinski definition) is 5. The second-order valence-corrected chi connectivity index (χ2v) is 5.06. The molecule has 2 amide bonds. The molecule has 8 heteroatoms. The number of aromatic hydroxyl groups is 1. The minimum Gasteiger partial charge on any atom is -0.508 e. The Bertz CT molecular complexity index is 613. The van der Waals surface area contributed by atoms with Crippen LogP contribution in [0.3, 0.4) is 0 Å². The van der Waals surface area contributed by atoms with E-state index >= 15 is 0 Å². The van der Waals surface area contributed by atoms with E-state index in [1.807, 2.05) is 0 Å². The van der Waals surface area contributed by atoms with E-state index in [4.69, 9.17) is 5.11 Å². The third-order valence-corrected chi connectivity index (χ3v) is 3.35. The molecule has 0 atom stereocenters. The fourth-order valence-electron chi connectivity index (χ4n) is 1.64. The Hall–Kier alpha value is -2.61. The molecule has 0 aliphatic heterocycles. The van der Waals surface area contributed by atoms with Crippen molar-refractivity contribution in [3.05, 3.63) is 40.8 Å². The maximum atomic E-state index is 12.1. The van der Waals surface area contributed by atoms with Gasteiger partial charge in [0.15, 0.2) is 0 Å². The predicted molar refractivity (Wildman–Crippen MR) is 77.4 cm³/mol. The molecule has 1 heterocycles. The number of aromatic nitrogens is 1. The van der Waals surface area contributed by atoms with Crippen LogP contribution < -0.4 is 10.2 Å². The van der Waals surface area contributed by atoms with Gasteiger partial charge in [0.25, 0.3) is 0 Å². The quantitative estimate of drug-likeness (QED) is 0.779. The number of phenolic OH excluding ortho intramolecular Hbond substituents is 1. The van der Waals surface area contributed by atoms with Crippen LogP contribution in [0.15, 0.2) is 35.8 Å². The normalized spacial score (nSPS) is 10.1. The van der Waals surface area contributed by atoms with Crippen molar-refractivity contribution in [2.75, 3.05) is 11.4 Å². The number of rotatable bonds is 5. The lowest BCUT2D eigenvalue weighted by molar-refractivity contribution is -0.135. The molecule has 0 fully saturated rings. The average molecular weight is 307 g/mol. The average Bonchev–Trinajstić information content (AvgIpc) is 2.96. The molecule has 0 spiro atoms. The summed E-state index contributed by atoms with van der Waals surface area (Å²) in [5.74, 6) is -1.09. The van der Waals surface area contributed by atoms with E-state index in [2.05, 4.69) is 10.3 Å². The summed E-state index contributed by atoms with van der Waals surface area (Å²) in [5, 5.41) is 23.3. The molecule has 0 aliphatic rings. The van der Waals surface area contributed by atoms with E-state index in [-0.39, 0.29) is 12.3 Å². The molecule has 0 saturated carbocycles. The van der Waals surface area contributed by atoms with Crippen LogP contribution in [0.25, 0.3) is 0 Å². The second-order valence-electron chi connectivity index (χ2n) is 4.08. The van der Waals surface area contributed by atoms with Gasteiger partial charge in [-0.15, -0.1) is 11.3 Å². The van der Waals surface area contributed by atoms with E-state index in [0.717, 1.165) is 9.91 Å². The van der Waals surface area contributed by atoms with Crippen molar-refractivity contribution in [3.8, 4) is 5.75 Å². The molecule has 0 unspecified atom stereocenters. The van der Waals surface area contributed by atoms with Crippen molar-refractivity contribution in [3.63, 3.8) is 0 Å². The molecular formula is C13H13N3O4S. The number of carbonyl (C=O) groups is 2. The van der Waals surface area contributed by atoms with Crippen LogP contribution in [0.1, 0.15) is 5.01 Å². The molecule has 2 rings (SSSR count). The Balaban J connectivity index is 2.09. The van der Waals surface area contributed by atoms with Gasteiger partial charge in [0.1, 0.15) is 17.3 Å². The second kappa shape index (κ2) is 6.71. The number of nitrogens with zero attached hydrogens (tertiary/aromatic N) is 2. The van der Waals surface area contributed by atoms with E-state index in [1.54, 1.807) is 11.6 Å². The van der Waals surface area contributed by atoms with Gasteiger partial charge in [0, 0.05) is 17.3 Å². The van der Waals surface area contributed by atoms with Crippen molar-refractivity contribution in [2.45, 2.75) is 6.54 Å². The van der Waals surface area contributed by atoms with Gasteiger partial charge in [-0.3, -0.25) is 9.69 Å². The van der Waals surface area contributed by atoms with Gasteiger partial charge in [-0.2, -0.15) is 0 Å². The lowest BCUT2D eigenvalue weighted by atomic mass is 10.3. The predicted octanol–water partition coefficient (Wildman–Crippen LogP) is 1.65. The standard InChI is InChI=1S/C13H13N3O4S/c17-10-3-1-9(2-4-10)16(8-12(18)19)13(20)15-7-11-14-5-6-21-11/h1-6,17H,7-8H2,(H,15,20)(H,18,19). The Morgan fingerprint density at radius 1 is 1.29 bits per heavy atom. The topological polar surface area (TPSA) is 103 Å². The molecule has 0 aliphatic carbocycles. The lowest BCUT2D eigenvalue weighted by Crippen LogP contribution is -2.42. The molecule has 3 N–H and O–H groups in total. The summed E-state index contributed by atoms with van der Waals surface area (Å²) in [5.41, 5.74) is 0.381. The highest BCUT2D eigenvalue weighted by molar-refractivity contribution is 7.09. The highest BCUT2D eigenvalue weighted by Crippen LogP contribution is 2.18. The third-order valence-electron chi connectivity index (χ3n) is 2.57. The highest BCUT2D eigenvalue weighted by atomic mass is 32.1. The first-order chi connectivity index (χ1) is 10.1. The van der Waals surface area contributed by atoms with Crippen LogP contribution >= 0.6 is 11.3 Å². The smallest absolute Gasteiger partial charge is 0.323 e. The number of carboxylic acids is 1. The zero-order chi connectivity index (χ0) is 15.2. The monoisotopic (exact) mass is 307 g/mol. The molecule has 0 saturated heterocycles. The number of amides is 2. The van der Waals surface area contributed by atoms with Crippen molar-refractivity contribution in [2.24, 2.45) is 0 Å². The summed E-state index contributed by atoms with van der Waals surface area (Å²) in [6, 6.07) is 5.18. The number of thiazole rings is 1. The number of urea groups is 1. The van der Waals surface area contributed by atoms with E-state index in [0.29, 0.717) is 5.69 Å². The minimum absolute atomic E-state index is 0.0391. The molecular weight excluding hydrogens is 294 g/mol. The van der Waals surface area contributed by atoms with E-state index in [9.17, 15) is 14.7 Å². The fourth-order valence-corrected chi connectivity index (χ4v) is 2.19. The summed E-state index contributed by atoms with van der Waals surface area (Å²) >= 11 is 1.39. The van der Waals surface area contributed by atoms with Crippen LogP contribution in [-0.4, -0.2) is 33.7 Å². The molecule has 1 aromatic heterocycles. The van der Waals surface area contributed by atoms with Gasteiger partial charge in [-0.25, -0.2) is 9.78 Å². The number of hydrogen-bond donors (Lipinski definition) is 3. The van der Waals surface area contributed by atoms with Crippen LogP contribution in [0.5, 0.6) is 5.75 Å². The van der Waals surface area contributed by atoms with Crippen molar-refractivity contribution in [1.29, 1.82) is 0 Å². The zero-order valence-electron chi connectivity index (χ0n) is 10.9. The molecule has 2 aromatic rings. The zero-order valence-corrected chi connectivity index (χ0v) is 11.7. The third kappa shape index (κ3) is 4.18. The lowest BCUT2D eigenvalue weighted by Gasteiger charge is -2.21. The molecule has 110 valence electrons. The Morgan fingerprint density at radius 2 is 2.00 bits per heavy atom. The first-order valence-corrected chi connectivity index (χ1v) is 6.89. The van der Waals surface area contributed by atoms with Gasteiger partial charge >= 0.3 is 12.0 Å². The summed E-state index contributed by atoms with van der Waals surface area (Å²) in [6.45, 7) is -0.251. The van der Waals surface area contributed by atoms with Crippen molar-refractivity contribution >= 4 is 29.0 Å². The Morgan fingerprint density at radius 3 is 2.57 bits per heavy atom. The molecule has 21 heavy (non-hydrogen) atoms. The first-order valence-electron chi connectivity index (χ1n) is 6.01. The number of carbonyl (C=O) groups excluding carboxylic acids is 1. The maximum absolute atomic E-state index is 12.1. The number of anilines is 1. The number of aliphatic carboxylic acids is 1. The number of phenols is 1. The van der Waals surface area contributed by atoms with Crippen LogP contribution in [0.2, 0.25) is 0 Å². The Labute approximate surface area is 124 Å². The van der Waals surface area contributed by atoms with Gasteiger partial charge < -0.3 is 15.5 Å². The molecule has 0 radical (unpaired) electrons. The number of nitrogens with one attached hydrogen (secondary N) is 1. The van der Waals surface area contributed by atoms with Crippen molar-refractivity contribution < 1.29 is 19.8 Å². The van der Waals surface area contributed by atoms with Crippen LogP contribution in [-0.2, 0) is 11.3 Å². The van der Waals surface area contributed by atoms with Crippen LogP contribution in [0, 0.1) is 0 Å². The maximum Gasteiger partial charge on any atom is 0.323 e. The number of benzene rings is 1. The largest absolute Gasteiger partial charge is 0.508 e. The van der Waals surface area contributed by atoms with E-state index < -0.39 is 18.5 Å². The highest BCUT2D eigenvalue weighted by Gasteiger charge is 2.18. The summed E-state index contributed by atoms with van der Waals surface area (Å²) in [6.07, 6.45) is 1.63. The van der Waals surface area contributed by atoms with Gasteiger partial charge in [0.05, 0.1) is 6.54 Å². The SMILES string of the molecule is O=C(O)CN(C(=O)NCc1nccs1)c1ccc(O)cc1.